The van der Waals surface area contributed by atoms with Crippen LogP contribution in [0.15, 0.2) is 18.2 Å². The Morgan fingerprint density at radius 1 is 1.47 bits per heavy atom. The van der Waals surface area contributed by atoms with Crippen molar-refractivity contribution in [2.45, 2.75) is 32.4 Å². The average Bonchev–Trinajstić information content (AvgIpc) is 2.69. The van der Waals surface area contributed by atoms with Crippen LogP contribution >= 0.6 is 0 Å². The summed E-state index contributed by atoms with van der Waals surface area (Å²) in [7, 11) is 1.95. The molecule has 0 spiro atoms. The van der Waals surface area contributed by atoms with Crippen LogP contribution in [0.1, 0.15) is 30.5 Å². The van der Waals surface area contributed by atoms with Gasteiger partial charge >= 0.3 is 0 Å². The molecule has 3 atom stereocenters. The molecule has 0 radical (unpaired) electrons. The van der Waals surface area contributed by atoms with Gasteiger partial charge in [0.1, 0.15) is 5.82 Å². The summed E-state index contributed by atoms with van der Waals surface area (Å²) >= 11 is 0. The van der Waals surface area contributed by atoms with E-state index in [4.69, 9.17) is 4.74 Å². The van der Waals surface area contributed by atoms with E-state index in [1.165, 1.54) is 11.6 Å². The molecular formula is C14H20FNO. The van der Waals surface area contributed by atoms with Gasteiger partial charge in [-0.1, -0.05) is 6.07 Å². The number of ether oxygens (including phenoxy) is 1. The second-order valence-electron chi connectivity index (χ2n) is 4.91. The van der Waals surface area contributed by atoms with Crippen molar-refractivity contribution in [2.24, 2.45) is 5.92 Å². The SMILES string of the molecule is CNC(c1ccc(F)cc1C)C1COC(C)C1. The second-order valence-corrected chi connectivity index (χ2v) is 4.91. The number of halogens is 1. The molecule has 0 aromatic heterocycles. The first kappa shape index (κ1) is 12.5. The molecule has 0 saturated carbocycles. The maximum Gasteiger partial charge on any atom is 0.123 e. The zero-order valence-electron chi connectivity index (χ0n) is 10.7. The van der Waals surface area contributed by atoms with Crippen LogP contribution in [0.25, 0.3) is 0 Å². The van der Waals surface area contributed by atoms with Crippen LogP contribution in [0.4, 0.5) is 4.39 Å². The molecule has 2 rings (SSSR count). The smallest absolute Gasteiger partial charge is 0.123 e. The van der Waals surface area contributed by atoms with Crippen LogP contribution in [0.2, 0.25) is 0 Å². The number of benzene rings is 1. The van der Waals surface area contributed by atoms with Crippen molar-refractivity contribution < 1.29 is 9.13 Å². The zero-order chi connectivity index (χ0) is 12.4. The van der Waals surface area contributed by atoms with Gasteiger partial charge in [0.15, 0.2) is 0 Å². The van der Waals surface area contributed by atoms with Gasteiger partial charge in [0.2, 0.25) is 0 Å². The summed E-state index contributed by atoms with van der Waals surface area (Å²) in [4.78, 5) is 0. The molecule has 3 heteroatoms. The first-order valence-corrected chi connectivity index (χ1v) is 6.16. The molecule has 1 N–H and O–H groups in total. The first-order valence-electron chi connectivity index (χ1n) is 6.16. The van der Waals surface area contributed by atoms with Gasteiger partial charge in [-0.05, 0) is 50.6 Å². The Morgan fingerprint density at radius 3 is 2.76 bits per heavy atom. The van der Waals surface area contributed by atoms with Gasteiger partial charge in [-0.15, -0.1) is 0 Å². The molecule has 1 aliphatic rings. The van der Waals surface area contributed by atoms with Gasteiger partial charge in [0, 0.05) is 12.0 Å². The van der Waals surface area contributed by atoms with E-state index in [0.717, 1.165) is 18.6 Å². The van der Waals surface area contributed by atoms with Crippen LogP contribution in [0.3, 0.4) is 0 Å². The second kappa shape index (κ2) is 5.15. The molecule has 2 nitrogen and oxygen atoms in total. The van der Waals surface area contributed by atoms with Crippen LogP contribution in [-0.2, 0) is 4.74 Å². The minimum atomic E-state index is -0.169. The lowest BCUT2D eigenvalue weighted by molar-refractivity contribution is 0.117. The van der Waals surface area contributed by atoms with Crippen molar-refractivity contribution in [3.8, 4) is 0 Å². The standard InChI is InChI=1S/C14H20FNO/c1-9-6-12(15)4-5-13(9)14(16-3)11-7-10(2)17-8-11/h4-6,10-11,14,16H,7-8H2,1-3H3. The van der Waals surface area contributed by atoms with Gasteiger partial charge in [0.05, 0.1) is 12.7 Å². The maximum atomic E-state index is 13.1. The summed E-state index contributed by atoms with van der Waals surface area (Å²) in [6.07, 6.45) is 1.39. The third-order valence-corrected chi connectivity index (χ3v) is 3.58. The lowest BCUT2D eigenvalue weighted by Crippen LogP contribution is -2.26. The van der Waals surface area contributed by atoms with Gasteiger partial charge in [0.25, 0.3) is 0 Å². The Labute approximate surface area is 102 Å². The lowest BCUT2D eigenvalue weighted by Gasteiger charge is -2.24. The highest BCUT2D eigenvalue weighted by atomic mass is 19.1. The van der Waals surface area contributed by atoms with E-state index in [9.17, 15) is 4.39 Å². The highest BCUT2D eigenvalue weighted by Gasteiger charge is 2.30. The minimum Gasteiger partial charge on any atom is -0.378 e. The van der Waals surface area contributed by atoms with Gasteiger partial charge in [-0.25, -0.2) is 4.39 Å². The van der Waals surface area contributed by atoms with E-state index in [1.807, 2.05) is 20.0 Å². The Bertz CT molecular complexity index is 394. The first-order chi connectivity index (χ1) is 8.11. The van der Waals surface area contributed by atoms with Crippen molar-refractivity contribution in [1.29, 1.82) is 0 Å². The summed E-state index contributed by atoms with van der Waals surface area (Å²) < 4.78 is 18.7. The van der Waals surface area contributed by atoms with Gasteiger partial charge in [-0.3, -0.25) is 0 Å². The molecule has 1 aliphatic heterocycles. The Balaban J connectivity index is 2.23. The number of aryl methyl sites for hydroxylation is 1. The predicted molar refractivity (Wildman–Crippen MR) is 66.5 cm³/mol. The van der Waals surface area contributed by atoms with E-state index in [0.29, 0.717) is 12.0 Å². The summed E-state index contributed by atoms with van der Waals surface area (Å²) in [5.74, 6) is 0.302. The number of rotatable bonds is 3. The van der Waals surface area contributed by atoms with Crippen LogP contribution in [0, 0.1) is 18.7 Å². The van der Waals surface area contributed by atoms with Crippen molar-refractivity contribution in [2.75, 3.05) is 13.7 Å². The monoisotopic (exact) mass is 237 g/mol. The minimum absolute atomic E-state index is 0.169. The highest BCUT2D eigenvalue weighted by Crippen LogP contribution is 2.32. The largest absolute Gasteiger partial charge is 0.378 e. The fourth-order valence-corrected chi connectivity index (χ4v) is 2.72. The Morgan fingerprint density at radius 2 is 2.24 bits per heavy atom. The van der Waals surface area contributed by atoms with Crippen molar-refractivity contribution in [3.63, 3.8) is 0 Å². The van der Waals surface area contributed by atoms with Crippen molar-refractivity contribution in [1.82, 2.24) is 5.32 Å². The normalized spacial score (nSPS) is 26.1. The zero-order valence-corrected chi connectivity index (χ0v) is 10.7. The number of hydrogen-bond acceptors (Lipinski definition) is 2. The molecule has 1 aromatic rings. The predicted octanol–water partition coefficient (Wildman–Crippen LogP) is 2.82. The molecule has 1 aromatic carbocycles. The maximum absolute atomic E-state index is 13.1. The van der Waals surface area contributed by atoms with Crippen molar-refractivity contribution in [3.05, 3.63) is 35.1 Å². The molecule has 1 saturated heterocycles. The molecule has 0 bridgehead atoms. The quantitative estimate of drug-likeness (QED) is 0.872. The highest BCUT2D eigenvalue weighted by molar-refractivity contribution is 5.30. The summed E-state index contributed by atoms with van der Waals surface area (Å²) in [6.45, 7) is 4.84. The summed E-state index contributed by atoms with van der Waals surface area (Å²) in [5, 5.41) is 3.34. The fraction of sp³-hybridized carbons (Fsp3) is 0.571. The Hall–Kier alpha value is -0.930. The molecule has 0 aliphatic carbocycles. The third-order valence-electron chi connectivity index (χ3n) is 3.58. The van der Waals surface area contributed by atoms with E-state index in [1.54, 1.807) is 6.07 Å². The summed E-state index contributed by atoms with van der Waals surface area (Å²) in [5.41, 5.74) is 2.18. The van der Waals surface area contributed by atoms with Gasteiger partial charge < -0.3 is 10.1 Å². The van der Waals surface area contributed by atoms with E-state index >= 15 is 0 Å². The molecular weight excluding hydrogens is 217 g/mol. The molecule has 3 unspecified atom stereocenters. The fourth-order valence-electron chi connectivity index (χ4n) is 2.72. The summed E-state index contributed by atoms with van der Waals surface area (Å²) in [6, 6.07) is 5.26. The molecule has 0 amide bonds. The third kappa shape index (κ3) is 2.67. The number of nitrogens with one attached hydrogen (secondary N) is 1. The van der Waals surface area contributed by atoms with E-state index < -0.39 is 0 Å². The van der Waals surface area contributed by atoms with Crippen LogP contribution in [-0.4, -0.2) is 19.8 Å². The number of hydrogen-bond donors (Lipinski definition) is 1. The van der Waals surface area contributed by atoms with Crippen molar-refractivity contribution >= 4 is 0 Å². The van der Waals surface area contributed by atoms with E-state index in [2.05, 4.69) is 12.2 Å². The van der Waals surface area contributed by atoms with Gasteiger partial charge in [-0.2, -0.15) is 0 Å². The topological polar surface area (TPSA) is 21.3 Å². The molecule has 1 heterocycles. The van der Waals surface area contributed by atoms with Crippen LogP contribution in [0.5, 0.6) is 0 Å². The molecule has 17 heavy (non-hydrogen) atoms. The lowest BCUT2D eigenvalue weighted by atomic mass is 9.89. The van der Waals surface area contributed by atoms with E-state index in [-0.39, 0.29) is 11.9 Å². The molecule has 1 fully saturated rings. The molecule has 94 valence electrons. The Kier molecular flexibility index (Phi) is 3.79. The average molecular weight is 237 g/mol. The van der Waals surface area contributed by atoms with Crippen LogP contribution < -0.4 is 5.32 Å².